The van der Waals surface area contributed by atoms with Crippen molar-refractivity contribution in [3.8, 4) is 0 Å². The molecule has 0 heterocycles. The van der Waals surface area contributed by atoms with Crippen molar-refractivity contribution in [3.05, 3.63) is 23.8 Å². The Kier molecular flexibility index (Phi) is 2.97. The van der Waals surface area contributed by atoms with Crippen LogP contribution in [0.1, 0.15) is 25.3 Å². The van der Waals surface area contributed by atoms with Crippen LogP contribution in [0.4, 0.5) is 11.4 Å². The molecule has 0 aliphatic heterocycles. The maximum absolute atomic E-state index is 6.95. The molecule has 4 heteroatoms. The molecule has 0 amide bonds. The molecule has 1 aromatic carbocycles. The Labute approximate surface area is 77.6 Å². The minimum absolute atomic E-state index is 0.437. The van der Waals surface area contributed by atoms with Gasteiger partial charge in [0.05, 0.1) is 5.69 Å². The van der Waals surface area contributed by atoms with Crippen molar-refractivity contribution in [1.82, 2.24) is 0 Å². The van der Waals surface area contributed by atoms with Crippen molar-refractivity contribution in [3.63, 3.8) is 0 Å². The van der Waals surface area contributed by atoms with Crippen molar-refractivity contribution in [1.29, 1.82) is 5.53 Å². The van der Waals surface area contributed by atoms with E-state index in [0.29, 0.717) is 17.3 Å². The molecular weight excluding hydrogens is 164 g/mol. The minimum Gasteiger partial charge on any atom is -0.322 e. The van der Waals surface area contributed by atoms with E-state index >= 15 is 0 Å². The summed E-state index contributed by atoms with van der Waals surface area (Å²) in [5.41, 5.74) is 11.9. The topological polar surface area (TPSA) is 74.3 Å². The van der Waals surface area contributed by atoms with Crippen LogP contribution < -0.4 is 11.3 Å². The van der Waals surface area contributed by atoms with Gasteiger partial charge in [0.25, 0.3) is 0 Å². The number of rotatable bonds is 3. The van der Waals surface area contributed by atoms with Crippen LogP contribution in [0.15, 0.2) is 23.3 Å². The highest BCUT2D eigenvalue weighted by atomic mass is 15.2. The molecule has 1 rings (SSSR count). The molecule has 0 fully saturated rings. The van der Waals surface area contributed by atoms with E-state index in [4.69, 9.17) is 11.4 Å². The lowest BCUT2D eigenvalue weighted by atomic mass is 10.0. The van der Waals surface area contributed by atoms with Crippen molar-refractivity contribution >= 4 is 11.4 Å². The molecule has 0 aliphatic rings. The van der Waals surface area contributed by atoms with Crippen LogP contribution in [0.2, 0.25) is 0 Å². The molecule has 0 aliphatic carbocycles. The second kappa shape index (κ2) is 4.00. The van der Waals surface area contributed by atoms with E-state index < -0.39 is 0 Å². The summed E-state index contributed by atoms with van der Waals surface area (Å²) in [6, 6.07) is 5.68. The van der Waals surface area contributed by atoms with Crippen LogP contribution in [0.25, 0.3) is 0 Å². The monoisotopic (exact) mass is 178 g/mol. The number of hydrogen-bond donors (Lipinski definition) is 3. The molecular formula is C9H14N4. The molecule has 0 saturated carbocycles. The van der Waals surface area contributed by atoms with Gasteiger partial charge in [0.1, 0.15) is 5.69 Å². The third kappa shape index (κ3) is 2.03. The van der Waals surface area contributed by atoms with Gasteiger partial charge in [0, 0.05) is 0 Å². The van der Waals surface area contributed by atoms with Crippen molar-refractivity contribution < 1.29 is 0 Å². The average Bonchev–Trinajstić information content (AvgIpc) is 2.16. The standard InChI is InChI=1S/C9H14N4/c1-6(2)7-3-4-8(12-10)9(5-7)13-11/h3-6,11-12H,10H2,1-2H3. The summed E-state index contributed by atoms with van der Waals surface area (Å²) in [6.07, 6.45) is 0. The third-order valence-electron chi connectivity index (χ3n) is 1.96. The summed E-state index contributed by atoms with van der Waals surface area (Å²) >= 11 is 0. The minimum atomic E-state index is 0.437. The molecule has 0 atom stereocenters. The van der Waals surface area contributed by atoms with Crippen molar-refractivity contribution in [2.45, 2.75) is 19.8 Å². The summed E-state index contributed by atoms with van der Waals surface area (Å²) in [5, 5.41) is 3.39. The summed E-state index contributed by atoms with van der Waals surface area (Å²) < 4.78 is 0. The molecule has 4 N–H and O–H groups in total. The quantitative estimate of drug-likeness (QED) is 0.378. The summed E-state index contributed by atoms with van der Waals surface area (Å²) in [4.78, 5) is 0. The number of anilines is 1. The van der Waals surface area contributed by atoms with Crippen molar-refractivity contribution in [2.75, 3.05) is 5.43 Å². The molecule has 0 radical (unpaired) electrons. The van der Waals surface area contributed by atoms with E-state index in [9.17, 15) is 0 Å². The number of hydrogen-bond acceptors (Lipinski definition) is 4. The van der Waals surface area contributed by atoms with Crippen LogP contribution in [0.3, 0.4) is 0 Å². The fourth-order valence-corrected chi connectivity index (χ4v) is 1.12. The Balaban J connectivity index is 3.13. The predicted molar refractivity (Wildman–Crippen MR) is 53.1 cm³/mol. The number of benzene rings is 1. The first-order valence-electron chi connectivity index (χ1n) is 4.17. The van der Waals surface area contributed by atoms with E-state index in [0.717, 1.165) is 5.56 Å². The maximum atomic E-state index is 6.95. The zero-order valence-corrected chi connectivity index (χ0v) is 7.83. The second-order valence-electron chi connectivity index (χ2n) is 3.19. The molecule has 0 aromatic heterocycles. The van der Waals surface area contributed by atoms with Gasteiger partial charge in [-0.25, -0.2) is 5.53 Å². The number of nitrogens with one attached hydrogen (secondary N) is 2. The summed E-state index contributed by atoms with van der Waals surface area (Å²) in [7, 11) is 0. The first-order valence-corrected chi connectivity index (χ1v) is 4.17. The van der Waals surface area contributed by atoms with Gasteiger partial charge < -0.3 is 5.43 Å². The Hall–Kier alpha value is -1.42. The van der Waals surface area contributed by atoms with E-state index in [2.05, 4.69) is 24.4 Å². The highest BCUT2D eigenvalue weighted by Crippen LogP contribution is 2.28. The van der Waals surface area contributed by atoms with E-state index in [1.807, 2.05) is 18.2 Å². The molecule has 1 aromatic rings. The van der Waals surface area contributed by atoms with Gasteiger partial charge in [0.15, 0.2) is 0 Å². The van der Waals surface area contributed by atoms with Gasteiger partial charge in [-0.15, -0.1) is 0 Å². The van der Waals surface area contributed by atoms with Crippen LogP contribution in [-0.4, -0.2) is 0 Å². The van der Waals surface area contributed by atoms with Gasteiger partial charge in [-0.3, -0.25) is 5.84 Å². The first-order chi connectivity index (χ1) is 6.19. The largest absolute Gasteiger partial charge is 0.322 e. The smallest absolute Gasteiger partial charge is 0.110 e. The number of nitrogens with zero attached hydrogens (tertiary/aromatic N) is 1. The highest BCUT2D eigenvalue weighted by molar-refractivity contribution is 5.65. The Morgan fingerprint density at radius 3 is 2.62 bits per heavy atom. The first kappa shape index (κ1) is 9.67. The molecule has 70 valence electrons. The number of nitrogens with two attached hydrogens (primary N) is 1. The summed E-state index contributed by atoms with van der Waals surface area (Å²) in [5.74, 6) is 5.70. The highest BCUT2D eigenvalue weighted by Gasteiger charge is 2.04. The van der Waals surface area contributed by atoms with E-state index in [-0.39, 0.29) is 0 Å². The van der Waals surface area contributed by atoms with Gasteiger partial charge >= 0.3 is 0 Å². The Morgan fingerprint density at radius 1 is 1.46 bits per heavy atom. The lowest BCUT2D eigenvalue weighted by Gasteiger charge is -2.08. The molecule has 0 spiro atoms. The third-order valence-corrected chi connectivity index (χ3v) is 1.96. The number of hydrazine groups is 1. The normalized spacial score (nSPS) is 10.2. The Bertz CT molecular complexity index is 306. The predicted octanol–water partition coefficient (Wildman–Crippen LogP) is 2.76. The SMILES string of the molecule is CC(C)c1ccc(NN)c(N=N)c1. The molecule has 0 unspecified atom stereocenters. The molecule has 0 bridgehead atoms. The van der Waals surface area contributed by atoms with Gasteiger partial charge in [-0.2, -0.15) is 5.11 Å². The van der Waals surface area contributed by atoms with Crippen LogP contribution in [0, 0.1) is 5.53 Å². The van der Waals surface area contributed by atoms with Gasteiger partial charge in [-0.05, 0) is 23.6 Å². The fraction of sp³-hybridized carbons (Fsp3) is 0.333. The summed E-state index contributed by atoms with van der Waals surface area (Å²) in [6.45, 7) is 4.19. The Morgan fingerprint density at radius 2 is 2.15 bits per heavy atom. The lowest BCUT2D eigenvalue weighted by molar-refractivity contribution is 0.866. The van der Waals surface area contributed by atoms with Gasteiger partial charge in [0.2, 0.25) is 0 Å². The van der Waals surface area contributed by atoms with Gasteiger partial charge in [-0.1, -0.05) is 19.9 Å². The molecule has 13 heavy (non-hydrogen) atoms. The molecule has 0 saturated heterocycles. The lowest BCUT2D eigenvalue weighted by Crippen LogP contribution is -2.06. The fourth-order valence-electron chi connectivity index (χ4n) is 1.12. The average molecular weight is 178 g/mol. The van der Waals surface area contributed by atoms with E-state index in [1.54, 1.807) is 0 Å². The van der Waals surface area contributed by atoms with Crippen molar-refractivity contribution in [2.24, 2.45) is 11.0 Å². The number of nitrogen functional groups attached to an aromatic ring is 1. The zero-order valence-electron chi connectivity index (χ0n) is 7.83. The van der Waals surface area contributed by atoms with Crippen LogP contribution in [0.5, 0.6) is 0 Å². The van der Waals surface area contributed by atoms with E-state index in [1.165, 1.54) is 0 Å². The second-order valence-corrected chi connectivity index (χ2v) is 3.19. The van der Waals surface area contributed by atoms with Crippen LogP contribution >= 0.6 is 0 Å². The molecule has 4 nitrogen and oxygen atoms in total. The van der Waals surface area contributed by atoms with Crippen LogP contribution in [-0.2, 0) is 0 Å². The zero-order chi connectivity index (χ0) is 9.84. The maximum Gasteiger partial charge on any atom is 0.110 e.